The van der Waals surface area contributed by atoms with Gasteiger partial charge in [-0.25, -0.2) is 0 Å². The summed E-state index contributed by atoms with van der Waals surface area (Å²) < 4.78 is 1.78. The Bertz CT molecular complexity index is 584. The number of nitrogens with zero attached hydrogens (tertiary/aromatic N) is 2. The fraction of sp³-hybridized carbons (Fsp3) is 0.286. The van der Waals surface area contributed by atoms with Crippen molar-refractivity contribution in [2.75, 3.05) is 0 Å². The van der Waals surface area contributed by atoms with E-state index in [1.54, 1.807) is 22.9 Å². The summed E-state index contributed by atoms with van der Waals surface area (Å²) in [5.74, 6) is 0. The minimum absolute atomic E-state index is 0.0374. The Balaban J connectivity index is 2.34. The number of aromatic nitrogens is 2. The highest BCUT2D eigenvalue weighted by molar-refractivity contribution is 5.73. The smallest absolute Gasteiger partial charge is 0.251 e. The predicted octanol–water partition coefficient (Wildman–Crippen LogP) is 2.75. The normalized spacial score (nSPS) is 11.4. The quantitative estimate of drug-likeness (QED) is 0.754. The van der Waals surface area contributed by atoms with Gasteiger partial charge in [0.05, 0.1) is 11.0 Å². The largest absolute Gasteiger partial charge is 0.306 e. The van der Waals surface area contributed by atoms with Crippen LogP contribution in [0.4, 0.5) is 0 Å². The van der Waals surface area contributed by atoms with Crippen molar-refractivity contribution in [1.82, 2.24) is 9.55 Å². The van der Waals surface area contributed by atoms with Crippen LogP contribution in [0.5, 0.6) is 0 Å². The van der Waals surface area contributed by atoms with E-state index in [9.17, 15) is 4.79 Å². The summed E-state index contributed by atoms with van der Waals surface area (Å²) in [6, 6.07) is 7.16. The average Bonchev–Trinajstić information content (AvgIpc) is 2.37. The van der Waals surface area contributed by atoms with Crippen LogP contribution in [0.3, 0.4) is 0 Å². The van der Waals surface area contributed by atoms with Gasteiger partial charge in [-0.3, -0.25) is 9.78 Å². The van der Waals surface area contributed by atoms with E-state index in [0.717, 1.165) is 23.9 Å². The summed E-state index contributed by atoms with van der Waals surface area (Å²) in [4.78, 5) is 16.1. The molecule has 0 atom stereocenters. The third-order valence-electron chi connectivity index (χ3n) is 2.68. The Labute approximate surface area is 100 Å². The Kier molecular flexibility index (Phi) is 3.70. The van der Waals surface area contributed by atoms with Crippen molar-refractivity contribution >= 4 is 11.0 Å². The van der Waals surface area contributed by atoms with Gasteiger partial charge < -0.3 is 4.57 Å². The molecule has 0 radical (unpaired) electrons. The maximum absolute atomic E-state index is 11.8. The molecule has 3 heteroatoms. The van der Waals surface area contributed by atoms with Gasteiger partial charge in [-0.05, 0) is 31.0 Å². The second kappa shape index (κ2) is 5.43. The van der Waals surface area contributed by atoms with Crippen LogP contribution >= 0.6 is 0 Å². The topological polar surface area (TPSA) is 34.9 Å². The van der Waals surface area contributed by atoms with Gasteiger partial charge in [-0.1, -0.05) is 19.1 Å². The molecular weight excluding hydrogens is 212 g/mol. The molecule has 0 saturated carbocycles. The van der Waals surface area contributed by atoms with Crippen LogP contribution < -0.4 is 5.56 Å². The van der Waals surface area contributed by atoms with Gasteiger partial charge in [0.1, 0.15) is 0 Å². The molecule has 0 aliphatic carbocycles. The fourth-order valence-electron chi connectivity index (χ4n) is 1.84. The molecule has 88 valence electrons. The first-order valence-electron chi connectivity index (χ1n) is 5.92. The minimum Gasteiger partial charge on any atom is -0.306 e. The highest BCUT2D eigenvalue weighted by Crippen LogP contribution is 2.08. The lowest BCUT2D eigenvalue weighted by atomic mass is 10.3. The number of pyridine rings is 2. The molecule has 2 aromatic rings. The standard InChI is InChI=1S/C14H16N2O/c1-2-3-4-5-11-16-13-7-6-10-15-12(13)8-9-14(16)17/h3-4,6-10H,2,5,11H2,1H3. The van der Waals surface area contributed by atoms with E-state index in [4.69, 9.17) is 0 Å². The number of hydrogen-bond acceptors (Lipinski definition) is 2. The van der Waals surface area contributed by atoms with Gasteiger partial charge in [0.25, 0.3) is 5.56 Å². The van der Waals surface area contributed by atoms with E-state index in [0.29, 0.717) is 6.54 Å². The second-order valence-corrected chi connectivity index (χ2v) is 3.90. The van der Waals surface area contributed by atoms with Crippen LogP contribution in [0.1, 0.15) is 19.8 Å². The first-order chi connectivity index (χ1) is 8.33. The van der Waals surface area contributed by atoms with Crippen LogP contribution in [-0.4, -0.2) is 9.55 Å². The zero-order valence-electron chi connectivity index (χ0n) is 9.97. The molecule has 0 aliphatic heterocycles. The molecule has 0 fully saturated rings. The first kappa shape index (κ1) is 11.6. The Morgan fingerprint density at radius 3 is 3.00 bits per heavy atom. The fourth-order valence-corrected chi connectivity index (χ4v) is 1.84. The summed E-state index contributed by atoms with van der Waals surface area (Å²) in [5.41, 5.74) is 1.81. The maximum Gasteiger partial charge on any atom is 0.251 e. The molecule has 2 rings (SSSR count). The molecule has 0 spiro atoms. The number of fused-ring (bicyclic) bond motifs is 1. The summed E-state index contributed by atoms with van der Waals surface area (Å²) in [6.45, 7) is 2.81. The lowest BCUT2D eigenvalue weighted by Crippen LogP contribution is -2.19. The zero-order valence-corrected chi connectivity index (χ0v) is 9.97. The van der Waals surface area contributed by atoms with E-state index in [-0.39, 0.29) is 5.56 Å². The van der Waals surface area contributed by atoms with Gasteiger partial charge in [0.2, 0.25) is 0 Å². The minimum atomic E-state index is 0.0374. The third-order valence-corrected chi connectivity index (χ3v) is 2.68. The lowest BCUT2D eigenvalue weighted by Gasteiger charge is -2.07. The number of rotatable bonds is 4. The first-order valence-corrected chi connectivity index (χ1v) is 5.92. The van der Waals surface area contributed by atoms with Crippen LogP contribution in [-0.2, 0) is 6.54 Å². The van der Waals surface area contributed by atoms with Gasteiger partial charge in [0, 0.05) is 18.8 Å². The lowest BCUT2D eigenvalue weighted by molar-refractivity contribution is 0.706. The van der Waals surface area contributed by atoms with Gasteiger partial charge in [-0.2, -0.15) is 0 Å². The third kappa shape index (κ3) is 2.61. The SMILES string of the molecule is CCC=CCCn1c(=O)ccc2ncccc21. The van der Waals surface area contributed by atoms with Crippen molar-refractivity contribution < 1.29 is 0 Å². The van der Waals surface area contributed by atoms with E-state index in [1.807, 2.05) is 12.1 Å². The Hall–Kier alpha value is -1.90. The molecule has 2 heterocycles. The summed E-state index contributed by atoms with van der Waals surface area (Å²) in [7, 11) is 0. The van der Waals surface area contributed by atoms with Crippen LogP contribution in [0, 0.1) is 0 Å². The number of hydrogen-bond donors (Lipinski definition) is 0. The average molecular weight is 228 g/mol. The van der Waals surface area contributed by atoms with Crippen molar-refractivity contribution in [2.24, 2.45) is 0 Å². The second-order valence-electron chi connectivity index (χ2n) is 3.90. The summed E-state index contributed by atoms with van der Waals surface area (Å²) in [6.07, 6.45) is 7.89. The van der Waals surface area contributed by atoms with E-state index < -0.39 is 0 Å². The van der Waals surface area contributed by atoms with Crippen LogP contribution in [0.2, 0.25) is 0 Å². The van der Waals surface area contributed by atoms with Crippen molar-refractivity contribution in [3.8, 4) is 0 Å². The van der Waals surface area contributed by atoms with Gasteiger partial charge in [0.15, 0.2) is 0 Å². The predicted molar refractivity (Wildman–Crippen MR) is 70.1 cm³/mol. The number of aryl methyl sites for hydroxylation is 1. The van der Waals surface area contributed by atoms with Crippen molar-refractivity contribution in [3.05, 3.63) is 53.0 Å². The van der Waals surface area contributed by atoms with Gasteiger partial charge >= 0.3 is 0 Å². The molecule has 0 bridgehead atoms. The van der Waals surface area contributed by atoms with E-state index >= 15 is 0 Å². The molecule has 0 saturated heterocycles. The molecule has 2 aromatic heterocycles. The van der Waals surface area contributed by atoms with Crippen molar-refractivity contribution in [3.63, 3.8) is 0 Å². The van der Waals surface area contributed by atoms with Crippen molar-refractivity contribution in [1.29, 1.82) is 0 Å². The molecule has 0 unspecified atom stereocenters. The molecule has 0 N–H and O–H groups in total. The highest BCUT2D eigenvalue weighted by atomic mass is 16.1. The highest BCUT2D eigenvalue weighted by Gasteiger charge is 2.01. The molecule has 0 aromatic carbocycles. The van der Waals surface area contributed by atoms with Crippen LogP contribution in [0.15, 0.2) is 47.4 Å². The molecular formula is C14H16N2O. The molecule has 3 nitrogen and oxygen atoms in total. The summed E-state index contributed by atoms with van der Waals surface area (Å²) >= 11 is 0. The zero-order chi connectivity index (χ0) is 12.1. The van der Waals surface area contributed by atoms with E-state index in [1.165, 1.54) is 0 Å². The van der Waals surface area contributed by atoms with Gasteiger partial charge in [-0.15, -0.1) is 0 Å². The Morgan fingerprint density at radius 1 is 1.29 bits per heavy atom. The molecule has 17 heavy (non-hydrogen) atoms. The number of allylic oxidation sites excluding steroid dienone is 2. The monoisotopic (exact) mass is 228 g/mol. The summed E-state index contributed by atoms with van der Waals surface area (Å²) in [5, 5.41) is 0. The molecule has 0 amide bonds. The maximum atomic E-state index is 11.8. The van der Waals surface area contributed by atoms with Crippen molar-refractivity contribution in [2.45, 2.75) is 26.3 Å². The Morgan fingerprint density at radius 2 is 2.18 bits per heavy atom. The van der Waals surface area contributed by atoms with E-state index in [2.05, 4.69) is 24.1 Å². The molecule has 0 aliphatic rings. The van der Waals surface area contributed by atoms with Crippen LogP contribution in [0.25, 0.3) is 11.0 Å².